The average molecular weight is 310 g/mol. The first kappa shape index (κ1) is 14.1. The van der Waals surface area contributed by atoms with Crippen LogP contribution in [0, 0.1) is 28.1 Å². The van der Waals surface area contributed by atoms with Crippen molar-refractivity contribution in [3.63, 3.8) is 0 Å². The van der Waals surface area contributed by atoms with E-state index in [0.29, 0.717) is 22.8 Å². The molecule has 0 bridgehead atoms. The van der Waals surface area contributed by atoms with E-state index in [1.807, 2.05) is 6.08 Å². The van der Waals surface area contributed by atoms with E-state index in [1.54, 1.807) is 6.20 Å². The summed E-state index contributed by atoms with van der Waals surface area (Å²) >= 11 is 4.97. The quantitative estimate of drug-likeness (QED) is 0.633. The van der Waals surface area contributed by atoms with Gasteiger partial charge in [0.05, 0.1) is 0 Å². The molecule has 1 unspecified atom stereocenters. The van der Waals surface area contributed by atoms with E-state index >= 15 is 0 Å². The van der Waals surface area contributed by atoms with Gasteiger partial charge in [0, 0.05) is 23.5 Å². The number of aromatic amines is 2. The fraction of sp³-hybridized carbons (Fsp3) is 0.267. The van der Waals surface area contributed by atoms with Crippen molar-refractivity contribution in [3.05, 3.63) is 57.9 Å². The number of hydrogen-bond donors (Lipinski definition) is 2. The normalized spacial score (nSPS) is 18.0. The van der Waals surface area contributed by atoms with Gasteiger partial charge in [0.15, 0.2) is 16.4 Å². The number of rotatable bonds is 3. The van der Waals surface area contributed by atoms with Crippen LogP contribution < -0.4 is 0 Å². The number of H-pyrrole nitrogens is 2. The van der Waals surface area contributed by atoms with Crippen LogP contribution in [0.3, 0.4) is 0 Å². The maximum Gasteiger partial charge on any atom is 0.174 e. The molecule has 2 N–H and O–H groups in total. The molecule has 1 aromatic heterocycles. The fourth-order valence-corrected chi connectivity index (χ4v) is 3.01. The lowest BCUT2D eigenvalue weighted by Gasteiger charge is -2.15. The molecule has 110 valence electrons. The predicted octanol–water partition coefficient (Wildman–Crippen LogP) is 4.53. The van der Waals surface area contributed by atoms with E-state index in [9.17, 15) is 13.2 Å². The van der Waals surface area contributed by atoms with E-state index in [2.05, 4.69) is 9.97 Å². The minimum Gasteiger partial charge on any atom is -0.337 e. The Morgan fingerprint density at radius 1 is 1.24 bits per heavy atom. The molecule has 0 aliphatic heterocycles. The SMILES string of the molecule is Fc1cc(F)c(F)c(C2=CCCC2Cc2c[nH]c(=S)[nH]2)c1. The van der Waals surface area contributed by atoms with Gasteiger partial charge in [0.25, 0.3) is 0 Å². The summed E-state index contributed by atoms with van der Waals surface area (Å²) in [4.78, 5) is 5.87. The number of aromatic nitrogens is 2. The summed E-state index contributed by atoms with van der Waals surface area (Å²) in [6.07, 6.45) is 5.82. The topological polar surface area (TPSA) is 31.6 Å². The third-order valence-corrected chi connectivity index (χ3v) is 3.96. The van der Waals surface area contributed by atoms with Crippen molar-refractivity contribution in [1.29, 1.82) is 0 Å². The molecule has 0 saturated carbocycles. The van der Waals surface area contributed by atoms with Crippen molar-refractivity contribution in [2.75, 3.05) is 0 Å². The van der Waals surface area contributed by atoms with Crippen LogP contribution in [0.15, 0.2) is 24.4 Å². The molecule has 3 rings (SSSR count). The van der Waals surface area contributed by atoms with Crippen molar-refractivity contribution < 1.29 is 13.2 Å². The van der Waals surface area contributed by atoms with Gasteiger partial charge in [-0.25, -0.2) is 13.2 Å². The third-order valence-electron chi connectivity index (χ3n) is 3.74. The van der Waals surface area contributed by atoms with E-state index in [0.717, 1.165) is 24.6 Å². The zero-order valence-electron chi connectivity index (χ0n) is 11.1. The van der Waals surface area contributed by atoms with Crippen molar-refractivity contribution >= 4 is 17.8 Å². The molecule has 1 aliphatic rings. The summed E-state index contributed by atoms with van der Waals surface area (Å²) in [5, 5.41) is 0. The minimum atomic E-state index is -1.15. The molecule has 1 heterocycles. The van der Waals surface area contributed by atoms with Crippen molar-refractivity contribution in [2.45, 2.75) is 19.3 Å². The monoisotopic (exact) mass is 310 g/mol. The Balaban J connectivity index is 1.92. The molecule has 1 aromatic carbocycles. The molecule has 0 saturated heterocycles. The molecular weight excluding hydrogens is 297 g/mol. The zero-order chi connectivity index (χ0) is 15.0. The number of benzene rings is 1. The Labute approximate surface area is 124 Å². The molecule has 0 spiro atoms. The summed E-state index contributed by atoms with van der Waals surface area (Å²) in [6, 6.07) is 1.62. The van der Waals surface area contributed by atoms with Crippen LogP contribution in [-0.4, -0.2) is 9.97 Å². The molecule has 0 amide bonds. The summed E-state index contributed by atoms with van der Waals surface area (Å²) < 4.78 is 41.2. The Kier molecular flexibility index (Phi) is 3.71. The first-order chi connectivity index (χ1) is 10.0. The van der Waals surface area contributed by atoms with E-state index in [1.165, 1.54) is 0 Å². The molecule has 2 nitrogen and oxygen atoms in total. The predicted molar refractivity (Wildman–Crippen MR) is 76.7 cm³/mol. The van der Waals surface area contributed by atoms with E-state index in [4.69, 9.17) is 12.2 Å². The maximum atomic E-state index is 13.9. The molecule has 1 aliphatic carbocycles. The molecule has 0 fully saturated rings. The number of imidazole rings is 1. The Morgan fingerprint density at radius 2 is 2.05 bits per heavy atom. The molecule has 1 atom stereocenters. The van der Waals surface area contributed by atoms with Crippen LogP contribution in [0.4, 0.5) is 13.2 Å². The van der Waals surface area contributed by atoms with Gasteiger partial charge < -0.3 is 9.97 Å². The van der Waals surface area contributed by atoms with Crippen molar-refractivity contribution in [1.82, 2.24) is 9.97 Å². The number of nitrogens with one attached hydrogen (secondary N) is 2. The summed E-state index contributed by atoms with van der Waals surface area (Å²) in [5.41, 5.74) is 1.57. The lowest BCUT2D eigenvalue weighted by Crippen LogP contribution is -2.06. The van der Waals surface area contributed by atoms with Gasteiger partial charge in [0.2, 0.25) is 0 Å². The largest absolute Gasteiger partial charge is 0.337 e. The lowest BCUT2D eigenvalue weighted by molar-refractivity contribution is 0.490. The molecule has 2 aromatic rings. The summed E-state index contributed by atoms with van der Waals surface area (Å²) in [6.45, 7) is 0. The van der Waals surface area contributed by atoms with Gasteiger partial charge in [-0.05, 0) is 49.0 Å². The van der Waals surface area contributed by atoms with Gasteiger partial charge >= 0.3 is 0 Å². The van der Waals surface area contributed by atoms with Crippen LogP contribution in [0.1, 0.15) is 24.1 Å². The van der Waals surface area contributed by atoms with Gasteiger partial charge in [-0.3, -0.25) is 0 Å². The molecular formula is C15H13F3N2S. The number of allylic oxidation sites excluding steroid dienone is 2. The molecule has 6 heteroatoms. The highest BCUT2D eigenvalue weighted by Crippen LogP contribution is 2.37. The van der Waals surface area contributed by atoms with Gasteiger partial charge in [-0.15, -0.1) is 0 Å². The van der Waals surface area contributed by atoms with E-state index in [-0.39, 0.29) is 11.5 Å². The van der Waals surface area contributed by atoms with Gasteiger partial charge in [-0.2, -0.15) is 0 Å². The third kappa shape index (κ3) is 2.81. The highest BCUT2D eigenvalue weighted by atomic mass is 32.1. The Hall–Kier alpha value is -1.82. The second-order valence-corrected chi connectivity index (χ2v) is 5.56. The number of halogens is 3. The lowest BCUT2D eigenvalue weighted by atomic mass is 9.91. The van der Waals surface area contributed by atoms with Crippen LogP contribution in [0.25, 0.3) is 5.57 Å². The Bertz CT molecular complexity index is 761. The average Bonchev–Trinajstić information content (AvgIpc) is 3.04. The van der Waals surface area contributed by atoms with Crippen LogP contribution in [0.5, 0.6) is 0 Å². The minimum absolute atomic E-state index is 0.0159. The smallest absolute Gasteiger partial charge is 0.174 e. The van der Waals surface area contributed by atoms with Crippen LogP contribution in [-0.2, 0) is 6.42 Å². The molecule has 21 heavy (non-hydrogen) atoms. The highest BCUT2D eigenvalue weighted by molar-refractivity contribution is 7.71. The van der Waals surface area contributed by atoms with Crippen molar-refractivity contribution in [2.24, 2.45) is 5.92 Å². The van der Waals surface area contributed by atoms with Crippen LogP contribution >= 0.6 is 12.2 Å². The summed E-state index contributed by atoms with van der Waals surface area (Å²) in [5.74, 6) is -2.90. The van der Waals surface area contributed by atoms with E-state index < -0.39 is 17.5 Å². The second kappa shape index (κ2) is 5.52. The fourth-order valence-electron chi connectivity index (χ4n) is 2.82. The Morgan fingerprint density at radius 3 is 2.76 bits per heavy atom. The second-order valence-electron chi connectivity index (χ2n) is 5.16. The molecule has 0 radical (unpaired) electrons. The highest BCUT2D eigenvalue weighted by Gasteiger charge is 2.25. The van der Waals surface area contributed by atoms with Crippen LogP contribution in [0.2, 0.25) is 0 Å². The number of hydrogen-bond acceptors (Lipinski definition) is 1. The van der Waals surface area contributed by atoms with Gasteiger partial charge in [-0.1, -0.05) is 6.08 Å². The first-order valence-electron chi connectivity index (χ1n) is 6.66. The van der Waals surface area contributed by atoms with Gasteiger partial charge in [0.1, 0.15) is 5.82 Å². The standard InChI is InChI=1S/C15H13F3N2S/c16-9-5-12(14(18)13(17)6-9)11-3-1-2-8(11)4-10-7-19-15(21)20-10/h3,5-8H,1-2,4H2,(H2,19,20,21). The zero-order valence-corrected chi connectivity index (χ0v) is 11.9. The summed E-state index contributed by atoms with van der Waals surface area (Å²) in [7, 11) is 0. The van der Waals surface area contributed by atoms with Crippen molar-refractivity contribution in [3.8, 4) is 0 Å². The first-order valence-corrected chi connectivity index (χ1v) is 7.07. The maximum absolute atomic E-state index is 13.9.